The standard InChI is InChI=1S/C14H20N2O4/c1-18-11-5-9(7-15)6-12(19-2)14(11)20-8-13(17)16-10-3-4-10/h5-6,10H,3-4,7-8,15H2,1-2H3,(H,16,17). The summed E-state index contributed by atoms with van der Waals surface area (Å²) in [4.78, 5) is 11.7. The molecule has 1 aromatic rings. The molecule has 0 unspecified atom stereocenters. The van der Waals surface area contributed by atoms with Crippen LogP contribution in [0.15, 0.2) is 12.1 Å². The third-order valence-corrected chi connectivity index (χ3v) is 3.05. The van der Waals surface area contributed by atoms with Crippen LogP contribution in [0.25, 0.3) is 0 Å². The molecule has 1 aliphatic rings. The number of methoxy groups -OCH3 is 2. The molecule has 0 atom stereocenters. The van der Waals surface area contributed by atoms with E-state index in [0.29, 0.717) is 29.8 Å². The van der Waals surface area contributed by atoms with E-state index in [1.807, 2.05) is 0 Å². The van der Waals surface area contributed by atoms with E-state index in [4.69, 9.17) is 19.9 Å². The van der Waals surface area contributed by atoms with E-state index in [1.54, 1.807) is 12.1 Å². The van der Waals surface area contributed by atoms with Crippen LogP contribution >= 0.6 is 0 Å². The number of hydrogen-bond donors (Lipinski definition) is 2. The van der Waals surface area contributed by atoms with Gasteiger partial charge in [0.05, 0.1) is 14.2 Å². The number of carbonyl (C=O) groups is 1. The number of amides is 1. The van der Waals surface area contributed by atoms with Crippen LogP contribution in [0.2, 0.25) is 0 Å². The Balaban J connectivity index is 2.09. The number of benzene rings is 1. The van der Waals surface area contributed by atoms with E-state index >= 15 is 0 Å². The fraction of sp³-hybridized carbons (Fsp3) is 0.500. The summed E-state index contributed by atoms with van der Waals surface area (Å²) in [5, 5.41) is 2.86. The molecule has 1 amide bonds. The van der Waals surface area contributed by atoms with Crippen LogP contribution in [-0.2, 0) is 11.3 Å². The van der Waals surface area contributed by atoms with Gasteiger partial charge in [-0.05, 0) is 30.5 Å². The van der Waals surface area contributed by atoms with Gasteiger partial charge >= 0.3 is 0 Å². The zero-order valence-corrected chi connectivity index (χ0v) is 11.8. The topological polar surface area (TPSA) is 82.8 Å². The monoisotopic (exact) mass is 280 g/mol. The van der Waals surface area contributed by atoms with E-state index in [1.165, 1.54) is 14.2 Å². The van der Waals surface area contributed by atoms with Crippen molar-refractivity contribution in [3.8, 4) is 17.2 Å². The van der Waals surface area contributed by atoms with Gasteiger partial charge in [-0.25, -0.2) is 0 Å². The summed E-state index contributed by atoms with van der Waals surface area (Å²) in [5.74, 6) is 1.28. The van der Waals surface area contributed by atoms with E-state index < -0.39 is 0 Å². The molecule has 3 N–H and O–H groups in total. The molecule has 6 heteroatoms. The second-order valence-corrected chi connectivity index (χ2v) is 4.66. The quantitative estimate of drug-likeness (QED) is 0.772. The summed E-state index contributed by atoms with van der Waals surface area (Å²) < 4.78 is 16.1. The minimum absolute atomic E-state index is 0.0643. The maximum Gasteiger partial charge on any atom is 0.258 e. The van der Waals surface area contributed by atoms with Crippen LogP contribution in [0.5, 0.6) is 17.2 Å². The van der Waals surface area contributed by atoms with Gasteiger partial charge in [0.15, 0.2) is 18.1 Å². The lowest BCUT2D eigenvalue weighted by Gasteiger charge is -2.15. The second-order valence-electron chi connectivity index (χ2n) is 4.66. The molecule has 0 aliphatic heterocycles. The average Bonchev–Trinajstić information content (AvgIpc) is 3.27. The number of nitrogens with two attached hydrogens (primary N) is 1. The molecule has 1 saturated carbocycles. The highest BCUT2D eigenvalue weighted by Crippen LogP contribution is 2.38. The van der Waals surface area contributed by atoms with Gasteiger partial charge in [0, 0.05) is 12.6 Å². The molecule has 1 fully saturated rings. The predicted molar refractivity (Wildman–Crippen MR) is 74.1 cm³/mol. The minimum Gasteiger partial charge on any atom is -0.493 e. The fourth-order valence-corrected chi connectivity index (χ4v) is 1.83. The van der Waals surface area contributed by atoms with Gasteiger partial charge in [-0.2, -0.15) is 0 Å². The summed E-state index contributed by atoms with van der Waals surface area (Å²) in [7, 11) is 3.07. The number of nitrogens with one attached hydrogen (secondary N) is 1. The predicted octanol–water partition coefficient (Wildman–Crippen LogP) is 0.820. The molecule has 2 rings (SSSR count). The first-order valence-corrected chi connectivity index (χ1v) is 6.55. The molecule has 0 radical (unpaired) electrons. The summed E-state index contributed by atoms with van der Waals surface area (Å²) in [6.07, 6.45) is 2.09. The molecule has 110 valence electrons. The molecule has 0 bridgehead atoms. The van der Waals surface area contributed by atoms with Gasteiger partial charge in [-0.3, -0.25) is 4.79 Å². The maximum absolute atomic E-state index is 11.7. The summed E-state index contributed by atoms with van der Waals surface area (Å²) in [6.45, 7) is 0.306. The largest absolute Gasteiger partial charge is 0.493 e. The van der Waals surface area contributed by atoms with Crippen LogP contribution < -0.4 is 25.3 Å². The lowest BCUT2D eigenvalue weighted by atomic mass is 10.2. The first kappa shape index (κ1) is 14.5. The highest BCUT2D eigenvalue weighted by molar-refractivity contribution is 5.78. The van der Waals surface area contributed by atoms with Crippen molar-refractivity contribution < 1.29 is 19.0 Å². The summed E-state index contributed by atoms with van der Waals surface area (Å²) in [6, 6.07) is 3.86. The van der Waals surface area contributed by atoms with E-state index in [9.17, 15) is 4.79 Å². The third kappa shape index (κ3) is 3.54. The lowest BCUT2D eigenvalue weighted by Crippen LogP contribution is -2.30. The summed E-state index contributed by atoms with van der Waals surface area (Å²) in [5.41, 5.74) is 6.48. The Morgan fingerprint density at radius 3 is 2.35 bits per heavy atom. The molecule has 0 heterocycles. The van der Waals surface area contributed by atoms with E-state index in [0.717, 1.165) is 18.4 Å². The lowest BCUT2D eigenvalue weighted by molar-refractivity contribution is -0.123. The molecule has 20 heavy (non-hydrogen) atoms. The van der Waals surface area contributed by atoms with Gasteiger partial charge in [-0.1, -0.05) is 0 Å². The first-order chi connectivity index (χ1) is 9.67. The smallest absolute Gasteiger partial charge is 0.258 e. The minimum atomic E-state index is -0.139. The van der Waals surface area contributed by atoms with Crippen molar-refractivity contribution in [3.05, 3.63) is 17.7 Å². The van der Waals surface area contributed by atoms with Crippen LogP contribution in [0.3, 0.4) is 0 Å². The molecule has 0 saturated heterocycles. The molecule has 6 nitrogen and oxygen atoms in total. The average molecular weight is 280 g/mol. The Labute approximate surface area is 118 Å². The third-order valence-electron chi connectivity index (χ3n) is 3.05. The highest BCUT2D eigenvalue weighted by Gasteiger charge is 2.24. The summed E-state index contributed by atoms with van der Waals surface area (Å²) >= 11 is 0. The Morgan fingerprint density at radius 2 is 1.90 bits per heavy atom. The van der Waals surface area contributed by atoms with Gasteiger partial charge < -0.3 is 25.3 Å². The number of hydrogen-bond acceptors (Lipinski definition) is 5. The zero-order chi connectivity index (χ0) is 14.5. The van der Waals surface area contributed by atoms with Gasteiger partial charge in [0.25, 0.3) is 5.91 Å². The van der Waals surface area contributed by atoms with Crippen molar-refractivity contribution in [2.75, 3.05) is 20.8 Å². The molecule has 0 spiro atoms. The van der Waals surface area contributed by atoms with Crippen molar-refractivity contribution in [3.63, 3.8) is 0 Å². The Hall–Kier alpha value is -1.95. The Bertz CT molecular complexity index is 461. The van der Waals surface area contributed by atoms with Gasteiger partial charge in [-0.15, -0.1) is 0 Å². The van der Waals surface area contributed by atoms with Crippen LogP contribution in [0, 0.1) is 0 Å². The molecular formula is C14H20N2O4. The number of rotatable bonds is 7. The van der Waals surface area contributed by atoms with Crippen molar-refractivity contribution in [2.45, 2.75) is 25.4 Å². The van der Waals surface area contributed by atoms with Gasteiger partial charge in [0.2, 0.25) is 5.75 Å². The van der Waals surface area contributed by atoms with Crippen molar-refractivity contribution in [1.29, 1.82) is 0 Å². The van der Waals surface area contributed by atoms with Crippen LogP contribution in [0.4, 0.5) is 0 Å². The van der Waals surface area contributed by atoms with Crippen molar-refractivity contribution in [2.24, 2.45) is 5.73 Å². The fourth-order valence-electron chi connectivity index (χ4n) is 1.83. The van der Waals surface area contributed by atoms with Crippen molar-refractivity contribution in [1.82, 2.24) is 5.32 Å². The van der Waals surface area contributed by atoms with Gasteiger partial charge in [0.1, 0.15) is 0 Å². The van der Waals surface area contributed by atoms with Crippen LogP contribution in [0.1, 0.15) is 18.4 Å². The normalized spacial score (nSPS) is 13.8. The molecule has 1 aromatic carbocycles. The molecule has 1 aliphatic carbocycles. The first-order valence-electron chi connectivity index (χ1n) is 6.55. The molecular weight excluding hydrogens is 260 g/mol. The highest BCUT2D eigenvalue weighted by atomic mass is 16.5. The molecule has 0 aromatic heterocycles. The number of carbonyl (C=O) groups excluding carboxylic acids is 1. The Kier molecular flexibility index (Phi) is 4.68. The van der Waals surface area contributed by atoms with Crippen LogP contribution in [-0.4, -0.2) is 32.8 Å². The van der Waals surface area contributed by atoms with Crippen molar-refractivity contribution >= 4 is 5.91 Å². The second kappa shape index (κ2) is 6.47. The SMILES string of the molecule is COc1cc(CN)cc(OC)c1OCC(=O)NC1CC1. The van der Waals surface area contributed by atoms with E-state index in [-0.39, 0.29) is 12.5 Å². The zero-order valence-electron chi connectivity index (χ0n) is 11.8. The Morgan fingerprint density at radius 1 is 1.30 bits per heavy atom. The maximum atomic E-state index is 11.7. The number of ether oxygens (including phenoxy) is 3. The van der Waals surface area contributed by atoms with E-state index in [2.05, 4.69) is 5.32 Å².